The van der Waals surface area contributed by atoms with Crippen LogP contribution in [-0.2, 0) is 14.6 Å². The lowest BCUT2D eigenvalue weighted by Gasteiger charge is -2.42. The molecule has 0 aromatic rings. The standard InChI is InChI=1S/C16H30O4/c1-11(2)15(12(3)4,10-8-9-14(5,6)7)16(13(17)18)19-20-16/h11-12H,8-10H2,1-7H3,(H,17,18). The van der Waals surface area contributed by atoms with E-state index in [9.17, 15) is 9.90 Å². The molecule has 118 valence electrons. The number of carboxylic acid groups (broad SMARTS) is 1. The van der Waals surface area contributed by atoms with E-state index in [1.807, 2.05) is 0 Å². The van der Waals surface area contributed by atoms with Crippen molar-refractivity contribution in [2.24, 2.45) is 22.7 Å². The molecule has 1 heterocycles. The third-order valence-corrected chi connectivity index (χ3v) is 4.72. The van der Waals surface area contributed by atoms with Gasteiger partial charge in [-0.1, -0.05) is 54.9 Å². The zero-order valence-corrected chi connectivity index (χ0v) is 13.9. The second-order valence-corrected chi connectivity index (χ2v) is 7.85. The van der Waals surface area contributed by atoms with Crippen LogP contribution >= 0.6 is 0 Å². The highest BCUT2D eigenvalue weighted by molar-refractivity contribution is 5.78. The van der Waals surface area contributed by atoms with Gasteiger partial charge in [-0.25, -0.2) is 4.79 Å². The number of carbonyl (C=O) groups is 1. The number of aliphatic carboxylic acids is 1. The van der Waals surface area contributed by atoms with Gasteiger partial charge in [0.1, 0.15) is 0 Å². The van der Waals surface area contributed by atoms with Crippen LogP contribution in [0.3, 0.4) is 0 Å². The van der Waals surface area contributed by atoms with Gasteiger partial charge >= 0.3 is 11.8 Å². The highest BCUT2D eigenvalue weighted by atomic mass is 17.4. The lowest BCUT2D eigenvalue weighted by atomic mass is 9.60. The molecule has 0 aliphatic carbocycles. The molecule has 1 rings (SSSR count). The molecule has 1 saturated heterocycles. The third-order valence-electron chi connectivity index (χ3n) is 4.72. The lowest BCUT2D eigenvalue weighted by molar-refractivity contribution is -0.157. The third kappa shape index (κ3) is 3.01. The molecule has 0 unspecified atom stereocenters. The molecule has 1 aliphatic heterocycles. The molecule has 0 aromatic carbocycles. The van der Waals surface area contributed by atoms with E-state index in [1.54, 1.807) is 0 Å². The SMILES string of the molecule is CC(C)C(CCCC(C)(C)C)(C(C)C)C1(C(=O)O)OO1. The topological polar surface area (TPSA) is 62.4 Å². The van der Waals surface area contributed by atoms with Gasteiger partial charge in [-0.15, -0.1) is 0 Å². The fraction of sp³-hybridized carbons (Fsp3) is 0.938. The van der Waals surface area contributed by atoms with Gasteiger partial charge in [0.15, 0.2) is 0 Å². The number of hydrogen-bond acceptors (Lipinski definition) is 3. The van der Waals surface area contributed by atoms with Gasteiger partial charge in [-0.3, -0.25) is 0 Å². The fourth-order valence-corrected chi connectivity index (χ4v) is 3.55. The minimum Gasteiger partial charge on any atom is -0.477 e. The van der Waals surface area contributed by atoms with E-state index in [-0.39, 0.29) is 17.3 Å². The minimum absolute atomic E-state index is 0.168. The van der Waals surface area contributed by atoms with Gasteiger partial charge in [0.25, 0.3) is 0 Å². The zero-order valence-electron chi connectivity index (χ0n) is 13.9. The Labute approximate surface area is 122 Å². The van der Waals surface area contributed by atoms with E-state index in [2.05, 4.69) is 48.5 Å². The molecule has 0 saturated carbocycles. The van der Waals surface area contributed by atoms with Crippen molar-refractivity contribution in [1.82, 2.24) is 0 Å². The molecule has 0 aromatic heterocycles. The maximum absolute atomic E-state index is 11.6. The van der Waals surface area contributed by atoms with Gasteiger partial charge in [0.05, 0.1) is 0 Å². The van der Waals surface area contributed by atoms with Crippen molar-refractivity contribution < 1.29 is 19.7 Å². The minimum atomic E-state index is -1.45. The maximum atomic E-state index is 11.6. The van der Waals surface area contributed by atoms with Crippen LogP contribution in [-0.4, -0.2) is 16.9 Å². The summed E-state index contributed by atoms with van der Waals surface area (Å²) in [7, 11) is 0. The molecular weight excluding hydrogens is 256 g/mol. The first-order valence-electron chi connectivity index (χ1n) is 7.60. The van der Waals surface area contributed by atoms with Gasteiger partial charge < -0.3 is 5.11 Å². The molecule has 1 N–H and O–H groups in total. The van der Waals surface area contributed by atoms with Crippen molar-refractivity contribution in [3.63, 3.8) is 0 Å². The summed E-state index contributed by atoms with van der Waals surface area (Å²) in [5.74, 6) is -2.12. The largest absolute Gasteiger partial charge is 0.477 e. The zero-order chi connectivity index (χ0) is 15.8. The first-order chi connectivity index (χ1) is 8.99. The molecule has 0 bridgehead atoms. The molecule has 20 heavy (non-hydrogen) atoms. The van der Waals surface area contributed by atoms with E-state index in [1.165, 1.54) is 0 Å². The Hall–Kier alpha value is -0.610. The van der Waals surface area contributed by atoms with Crippen molar-refractivity contribution in [2.75, 3.05) is 0 Å². The van der Waals surface area contributed by atoms with Gasteiger partial charge in [-0.05, 0) is 30.1 Å². The summed E-state index contributed by atoms with van der Waals surface area (Å²) in [5, 5.41) is 9.55. The normalized spacial score (nSPS) is 18.6. The Morgan fingerprint density at radius 1 is 1.05 bits per heavy atom. The monoisotopic (exact) mass is 286 g/mol. The van der Waals surface area contributed by atoms with Crippen LogP contribution < -0.4 is 0 Å². The smallest absolute Gasteiger partial charge is 0.370 e. The summed E-state index contributed by atoms with van der Waals surface area (Å²) in [4.78, 5) is 21.7. The summed E-state index contributed by atoms with van der Waals surface area (Å²) in [5.41, 5.74) is -0.245. The molecule has 0 atom stereocenters. The molecular formula is C16H30O4. The first kappa shape index (κ1) is 17.4. The second-order valence-electron chi connectivity index (χ2n) is 7.85. The predicted octanol–water partition coefficient (Wildman–Crippen LogP) is 4.24. The average molecular weight is 286 g/mol. The van der Waals surface area contributed by atoms with E-state index in [0.29, 0.717) is 0 Å². The van der Waals surface area contributed by atoms with Gasteiger partial charge in [0.2, 0.25) is 0 Å². The summed E-state index contributed by atoms with van der Waals surface area (Å²) in [6.45, 7) is 14.9. The van der Waals surface area contributed by atoms with E-state index in [0.717, 1.165) is 19.3 Å². The van der Waals surface area contributed by atoms with Crippen LogP contribution in [0.2, 0.25) is 0 Å². The van der Waals surface area contributed by atoms with Crippen molar-refractivity contribution in [2.45, 2.75) is 73.5 Å². The Balaban J connectivity index is 2.99. The van der Waals surface area contributed by atoms with Crippen LogP contribution in [0.25, 0.3) is 0 Å². The van der Waals surface area contributed by atoms with E-state index >= 15 is 0 Å². The van der Waals surface area contributed by atoms with Crippen LogP contribution in [0, 0.1) is 22.7 Å². The Bertz CT molecular complexity index is 340. The Morgan fingerprint density at radius 2 is 1.50 bits per heavy atom. The quantitative estimate of drug-likeness (QED) is 0.561. The maximum Gasteiger partial charge on any atom is 0.370 e. The number of rotatable bonds is 7. The first-order valence-corrected chi connectivity index (χ1v) is 7.60. The number of hydrogen-bond donors (Lipinski definition) is 1. The molecule has 0 amide bonds. The van der Waals surface area contributed by atoms with Crippen molar-refractivity contribution in [3.8, 4) is 0 Å². The molecule has 1 fully saturated rings. The Kier molecular flexibility index (Phi) is 4.92. The highest BCUT2D eigenvalue weighted by Gasteiger charge is 2.73. The van der Waals surface area contributed by atoms with Crippen LogP contribution in [0.1, 0.15) is 67.7 Å². The molecule has 4 nitrogen and oxygen atoms in total. The lowest BCUT2D eigenvalue weighted by Crippen LogP contribution is -2.51. The fourth-order valence-electron chi connectivity index (χ4n) is 3.55. The summed E-state index contributed by atoms with van der Waals surface area (Å²) < 4.78 is 0. The van der Waals surface area contributed by atoms with Crippen LogP contribution in [0.5, 0.6) is 0 Å². The van der Waals surface area contributed by atoms with Crippen molar-refractivity contribution >= 4 is 5.97 Å². The van der Waals surface area contributed by atoms with Crippen molar-refractivity contribution in [1.29, 1.82) is 0 Å². The van der Waals surface area contributed by atoms with Crippen molar-refractivity contribution in [3.05, 3.63) is 0 Å². The van der Waals surface area contributed by atoms with E-state index in [4.69, 9.17) is 9.78 Å². The highest BCUT2D eigenvalue weighted by Crippen LogP contribution is 2.58. The van der Waals surface area contributed by atoms with Gasteiger partial charge in [-0.2, -0.15) is 9.78 Å². The Morgan fingerprint density at radius 3 is 1.75 bits per heavy atom. The summed E-state index contributed by atoms with van der Waals surface area (Å²) >= 11 is 0. The molecule has 0 spiro atoms. The van der Waals surface area contributed by atoms with Gasteiger partial charge in [0, 0.05) is 5.41 Å². The average Bonchev–Trinajstić information content (AvgIpc) is 3.02. The summed E-state index contributed by atoms with van der Waals surface area (Å²) in [6.07, 6.45) is 2.83. The van der Waals surface area contributed by atoms with E-state index < -0.39 is 17.2 Å². The second kappa shape index (κ2) is 5.64. The number of carboxylic acids is 1. The van der Waals surface area contributed by atoms with Crippen LogP contribution in [0.15, 0.2) is 0 Å². The van der Waals surface area contributed by atoms with Crippen LogP contribution in [0.4, 0.5) is 0 Å². The molecule has 1 aliphatic rings. The molecule has 4 heteroatoms. The summed E-state index contributed by atoms with van der Waals surface area (Å²) in [6, 6.07) is 0. The molecule has 0 radical (unpaired) electrons. The predicted molar refractivity (Wildman–Crippen MR) is 78.0 cm³/mol.